The predicted octanol–water partition coefficient (Wildman–Crippen LogP) is 5.96. The smallest absolute Gasteiger partial charge is 0.261 e. The molecule has 0 bridgehead atoms. The van der Waals surface area contributed by atoms with Crippen molar-refractivity contribution in [2.75, 3.05) is 6.61 Å². The maximum atomic E-state index is 13.3. The molecule has 33 heavy (non-hydrogen) atoms. The van der Waals surface area contributed by atoms with Crippen LogP contribution in [0.5, 0.6) is 5.75 Å². The molecule has 2 aromatic carbocycles. The Morgan fingerprint density at radius 3 is 2.45 bits per heavy atom. The lowest BCUT2D eigenvalue weighted by Gasteiger charge is -2.31. The largest absolute Gasteiger partial charge is 0.484 e. The van der Waals surface area contributed by atoms with Crippen molar-refractivity contribution in [2.24, 2.45) is 0 Å². The van der Waals surface area contributed by atoms with Gasteiger partial charge in [0.15, 0.2) is 6.61 Å². The Kier molecular flexibility index (Phi) is 9.21. The van der Waals surface area contributed by atoms with Gasteiger partial charge in [-0.2, -0.15) is 0 Å². The summed E-state index contributed by atoms with van der Waals surface area (Å²) in [5.74, 6) is 0.246. The predicted molar refractivity (Wildman–Crippen MR) is 136 cm³/mol. The minimum Gasteiger partial charge on any atom is -0.484 e. The zero-order chi connectivity index (χ0) is 24.0. The van der Waals surface area contributed by atoms with E-state index in [1.807, 2.05) is 44.2 Å². The van der Waals surface area contributed by atoms with Crippen molar-refractivity contribution in [3.8, 4) is 5.75 Å². The van der Waals surface area contributed by atoms with Gasteiger partial charge in [-0.1, -0.05) is 58.9 Å². The highest BCUT2D eigenvalue weighted by Crippen LogP contribution is 2.26. The number of aryl methyl sites for hydroxylation is 2. The summed E-state index contributed by atoms with van der Waals surface area (Å²) in [4.78, 5) is 27.9. The Bertz CT molecular complexity index is 968. The molecular weight excluding hydrogens is 504 g/mol. The van der Waals surface area contributed by atoms with Crippen LogP contribution in [0.25, 0.3) is 0 Å². The molecule has 1 aliphatic carbocycles. The summed E-state index contributed by atoms with van der Waals surface area (Å²) in [5.41, 5.74) is 2.94. The van der Waals surface area contributed by atoms with E-state index in [2.05, 4.69) is 21.2 Å². The van der Waals surface area contributed by atoms with Gasteiger partial charge in [0.25, 0.3) is 5.91 Å². The van der Waals surface area contributed by atoms with Gasteiger partial charge >= 0.3 is 0 Å². The number of rotatable bonds is 8. The number of ether oxygens (including phenoxy) is 1. The molecule has 0 radical (unpaired) electrons. The first-order valence-corrected chi connectivity index (χ1v) is 12.7. The number of benzene rings is 2. The first-order valence-electron chi connectivity index (χ1n) is 11.5. The summed E-state index contributed by atoms with van der Waals surface area (Å²) in [5, 5.41) is 3.73. The molecule has 0 unspecified atom stereocenters. The second kappa shape index (κ2) is 11.9. The van der Waals surface area contributed by atoms with E-state index in [9.17, 15) is 9.59 Å². The normalized spacial score (nSPS) is 15.1. The number of hydrogen-bond donors (Lipinski definition) is 1. The zero-order valence-corrected chi connectivity index (χ0v) is 21.8. The number of carbonyl (C=O) groups is 2. The van der Waals surface area contributed by atoms with Gasteiger partial charge in [0, 0.05) is 22.1 Å². The van der Waals surface area contributed by atoms with E-state index in [-0.39, 0.29) is 31.0 Å². The van der Waals surface area contributed by atoms with Crippen LogP contribution in [0.2, 0.25) is 5.02 Å². The van der Waals surface area contributed by atoms with Crippen LogP contribution < -0.4 is 10.1 Å². The third-order valence-electron chi connectivity index (χ3n) is 6.13. The summed E-state index contributed by atoms with van der Waals surface area (Å²) in [6.07, 6.45) is 5.46. The number of nitrogens with one attached hydrogen (secondary N) is 1. The third-order valence-corrected chi connectivity index (χ3v) is 7.62. The molecule has 0 spiro atoms. The van der Waals surface area contributed by atoms with E-state index < -0.39 is 6.04 Å². The van der Waals surface area contributed by atoms with Gasteiger partial charge in [-0.05, 0) is 74.6 Å². The van der Waals surface area contributed by atoms with Crippen molar-refractivity contribution in [1.82, 2.24) is 10.2 Å². The summed E-state index contributed by atoms with van der Waals surface area (Å²) in [6, 6.07) is 10.7. The van der Waals surface area contributed by atoms with Gasteiger partial charge in [0.05, 0.1) is 0 Å². The van der Waals surface area contributed by atoms with Crippen LogP contribution in [0.3, 0.4) is 0 Å². The SMILES string of the molecule is Cc1cc(OCC(=O)N(Cc2cccc(Cl)c2)[C@H](C)C(=O)NC2CCCCC2)cc(C)c1Br. The molecule has 7 heteroatoms. The average molecular weight is 536 g/mol. The van der Waals surface area contributed by atoms with Crippen molar-refractivity contribution in [3.63, 3.8) is 0 Å². The van der Waals surface area contributed by atoms with Gasteiger partial charge in [-0.3, -0.25) is 9.59 Å². The fourth-order valence-electron chi connectivity index (χ4n) is 4.20. The fraction of sp³-hybridized carbons (Fsp3) is 0.462. The van der Waals surface area contributed by atoms with Crippen molar-refractivity contribution in [2.45, 2.75) is 71.5 Å². The lowest BCUT2D eigenvalue weighted by molar-refractivity contribution is -0.142. The van der Waals surface area contributed by atoms with E-state index in [4.69, 9.17) is 16.3 Å². The lowest BCUT2D eigenvalue weighted by atomic mass is 9.95. The van der Waals surface area contributed by atoms with E-state index in [0.29, 0.717) is 10.8 Å². The van der Waals surface area contributed by atoms with Crippen molar-refractivity contribution < 1.29 is 14.3 Å². The van der Waals surface area contributed by atoms with E-state index >= 15 is 0 Å². The molecule has 5 nitrogen and oxygen atoms in total. The highest BCUT2D eigenvalue weighted by atomic mass is 79.9. The van der Waals surface area contributed by atoms with Gasteiger partial charge in [0.1, 0.15) is 11.8 Å². The Labute approximate surface area is 210 Å². The van der Waals surface area contributed by atoms with Gasteiger partial charge in [0.2, 0.25) is 5.91 Å². The molecule has 1 saturated carbocycles. The van der Waals surface area contributed by atoms with Crippen LogP contribution in [0.4, 0.5) is 0 Å². The molecule has 0 heterocycles. The van der Waals surface area contributed by atoms with Crippen LogP contribution in [0.15, 0.2) is 40.9 Å². The van der Waals surface area contributed by atoms with Gasteiger partial charge in [-0.25, -0.2) is 0 Å². The van der Waals surface area contributed by atoms with E-state index in [1.54, 1.807) is 17.9 Å². The molecule has 1 atom stereocenters. The molecule has 0 saturated heterocycles. The molecular formula is C26H32BrClN2O3. The minimum absolute atomic E-state index is 0.132. The van der Waals surface area contributed by atoms with Crippen LogP contribution in [-0.2, 0) is 16.1 Å². The highest BCUT2D eigenvalue weighted by Gasteiger charge is 2.28. The summed E-state index contributed by atoms with van der Waals surface area (Å²) < 4.78 is 6.86. The summed E-state index contributed by atoms with van der Waals surface area (Å²) in [6.45, 7) is 5.86. The van der Waals surface area contributed by atoms with Gasteiger partial charge in [-0.15, -0.1) is 0 Å². The second-order valence-electron chi connectivity index (χ2n) is 8.83. The molecule has 1 N–H and O–H groups in total. The van der Waals surface area contributed by atoms with Crippen molar-refractivity contribution >= 4 is 39.3 Å². The topological polar surface area (TPSA) is 58.6 Å². The first kappa shape index (κ1) is 25.6. The van der Waals surface area contributed by atoms with Crippen LogP contribution in [0, 0.1) is 13.8 Å². The van der Waals surface area contributed by atoms with Crippen LogP contribution >= 0.6 is 27.5 Å². The molecule has 178 valence electrons. The Morgan fingerprint density at radius 1 is 1.15 bits per heavy atom. The Hall–Kier alpha value is -2.05. The van der Waals surface area contributed by atoms with E-state index in [1.165, 1.54) is 6.42 Å². The van der Waals surface area contributed by atoms with Crippen molar-refractivity contribution in [3.05, 3.63) is 62.6 Å². The monoisotopic (exact) mass is 534 g/mol. The summed E-state index contributed by atoms with van der Waals surface area (Å²) in [7, 11) is 0. The molecule has 2 aromatic rings. The number of amides is 2. The number of carbonyl (C=O) groups excluding carboxylic acids is 2. The number of nitrogens with zero attached hydrogens (tertiary/aromatic N) is 1. The molecule has 0 aromatic heterocycles. The third kappa shape index (κ3) is 7.21. The first-order chi connectivity index (χ1) is 15.7. The fourth-order valence-corrected chi connectivity index (χ4v) is 4.64. The molecule has 1 aliphatic rings. The van der Waals surface area contributed by atoms with Gasteiger partial charge < -0.3 is 15.0 Å². The van der Waals surface area contributed by atoms with Crippen LogP contribution in [0.1, 0.15) is 55.7 Å². The standard InChI is InChI=1S/C26H32BrClN2O3/c1-17-12-23(13-18(2)25(17)27)33-16-24(31)30(15-20-8-7-9-21(28)14-20)19(3)26(32)29-22-10-5-4-6-11-22/h7-9,12-14,19,22H,4-6,10-11,15-16H2,1-3H3,(H,29,32)/t19-/m1/s1. The Morgan fingerprint density at radius 2 is 1.82 bits per heavy atom. The van der Waals surface area contributed by atoms with E-state index in [0.717, 1.165) is 46.8 Å². The average Bonchev–Trinajstić information content (AvgIpc) is 2.79. The van der Waals surface area contributed by atoms with Crippen LogP contribution in [-0.4, -0.2) is 35.4 Å². The number of hydrogen-bond acceptors (Lipinski definition) is 3. The summed E-state index contributed by atoms with van der Waals surface area (Å²) >= 11 is 9.70. The Balaban J connectivity index is 1.73. The van der Waals surface area contributed by atoms with Crippen molar-refractivity contribution in [1.29, 1.82) is 0 Å². The number of halogens is 2. The maximum absolute atomic E-state index is 13.3. The minimum atomic E-state index is -0.629. The zero-order valence-electron chi connectivity index (χ0n) is 19.5. The quantitative estimate of drug-likeness (QED) is 0.453. The molecule has 1 fully saturated rings. The molecule has 0 aliphatic heterocycles. The lowest BCUT2D eigenvalue weighted by Crippen LogP contribution is -2.51. The molecule has 3 rings (SSSR count). The second-order valence-corrected chi connectivity index (χ2v) is 10.1. The highest BCUT2D eigenvalue weighted by molar-refractivity contribution is 9.10. The maximum Gasteiger partial charge on any atom is 0.261 e. The molecule has 2 amide bonds.